The van der Waals surface area contributed by atoms with Crippen LogP contribution in [-0.4, -0.2) is 15.5 Å². The van der Waals surface area contributed by atoms with Gasteiger partial charge in [-0.15, -0.1) is 0 Å². The van der Waals surface area contributed by atoms with Gasteiger partial charge in [-0.25, -0.2) is 8.42 Å². The SMILES string of the molecule is COc1ccccc1C(C)(C#N)NS(=O)(=O)c1ccc(C)cc1. The summed E-state index contributed by atoms with van der Waals surface area (Å²) in [4.78, 5) is 0.111. The molecule has 2 aromatic rings. The number of rotatable bonds is 5. The summed E-state index contributed by atoms with van der Waals surface area (Å²) >= 11 is 0. The van der Waals surface area contributed by atoms with Gasteiger partial charge in [-0.3, -0.25) is 0 Å². The van der Waals surface area contributed by atoms with E-state index in [1.165, 1.54) is 26.2 Å². The maximum Gasteiger partial charge on any atom is 0.242 e. The smallest absolute Gasteiger partial charge is 0.242 e. The lowest BCUT2D eigenvalue weighted by Crippen LogP contribution is -2.42. The van der Waals surface area contributed by atoms with E-state index in [9.17, 15) is 13.7 Å². The molecule has 0 fully saturated rings. The maximum absolute atomic E-state index is 12.6. The lowest BCUT2D eigenvalue weighted by molar-refractivity contribution is 0.397. The number of hydrogen-bond donors (Lipinski definition) is 1. The van der Waals surface area contributed by atoms with E-state index < -0.39 is 15.6 Å². The van der Waals surface area contributed by atoms with E-state index in [-0.39, 0.29) is 4.90 Å². The minimum atomic E-state index is -3.85. The van der Waals surface area contributed by atoms with Gasteiger partial charge in [-0.1, -0.05) is 35.9 Å². The Balaban J connectivity index is 2.46. The summed E-state index contributed by atoms with van der Waals surface area (Å²) in [5, 5.41) is 9.58. The predicted molar refractivity (Wildman–Crippen MR) is 87.5 cm³/mol. The van der Waals surface area contributed by atoms with E-state index in [2.05, 4.69) is 4.72 Å². The zero-order chi connectivity index (χ0) is 17.1. The van der Waals surface area contributed by atoms with Crippen LogP contribution in [-0.2, 0) is 15.6 Å². The molecule has 120 valence electrons. The molecule has 0 amide bonds. The van der Waals surface area contributed by atoms with Gasteiger partial charge in [0.05, 0.1) is 18.1 Å². The highest BCUT2D eigenvalue weighted by molar-refractivity contribution is 7.89. The van der Waals surface area contributed by atoms with Crippen molar-refractivity contribution in [3.8, 4) is 11.8 Å². The largest absolute Gasteiger partial charge is 0.496 e. The molecule has 0 saturated heterocycles. The molecule has 0 aliphatic carbocycles. The third-order valence-electron chi connectivity index (χ3n) is 3.54. The summed E-state index contributed by atoms with van der Waals surface area (Å²) < 4.78 is 32.9. The monoisotopic (exact) mass is 330 g/mol. The summed E-state index contributed by atoms with van der Waals surface area (Å²) in [5.41, 5.74) is -0.0338. The Kier molecular flexibility index (Phi) is 4.73. The Morgan fingerprint density at radius 2 is 1.74 bits per heavy atom. The van der Waals surface area contributed by atoms with Crippen LogP contribution in [0.15, 0.2) is 53.4 Å². The van der Waals surface area contributed by atoms with Crippen LogP contribution in [0.4, 0.5) is 0 Å². The molecular weight excluding hydrogens is 312 g/mol. The number of sulfonamides is 1. The van der Waals surface area contributed by atoms with Crippen LogP contribution >= 0.6 is 0 Å². The zero-order valence-corrected chi connectivity index (χ0v) is 14.0. The van der Waals surface area contributed by atoms with Crippen molar-refractivity contribution in [1.82, 2.24) is 4.72 Å². The molecule has 0 spiro atoms. The molecule has 0 heterocycles. The number of methoxy groups -OCH3 is 1. The molecule has 0 bridgehead atoms. The van der Waals surface area contributed by atoms with Crippen LogP contribution in [0.1, 0.15) is 18.1 Å². The topological polar surface area (TPSA) is 79.2 Å². The lowest BCUT2D eigenvalue weighted by atomic mass is 9.94. The molecule has 0 radical (unpaired) electrons. The second-order valence-corrected chi connectivity index (χ2v) is 7.04. The highest BCUT2D eigenvalue weighted by atomic mass is 32.2. The van der Waals surface area contributed by atoms with Crippen LogP contribution < -0.4 is 9.46 Å². The molecule has 0 aliphatic heterocycles. The van der Waals surface area contributed by atoms with Crippen LogP contribution in [0.25, 0.3) is 0 Å². The first-order valence-electron chi connectivity index (χ1n) is 6.98. The number of benzene rings is 2. The number of nitriles is 1. The first-order chi connectivity index (χ1) is 10.8. The summed E-state index contributed by atoms with van der Waals surface area (Å²) in [7, 11) is -2.37. The number of nitrogens with zero attached hydrogens (tertiary/aromatic N) is 1. The summed E-state index contributed by atoms with van der Waals surface area (Å²) in [5.74, 6) is 0.447. The van der Waals surface area contributed by atoms with Gasteiger partial charge >= 0.3 is 0 Å². The van der Waals surface area contributed by atoms with Gasteiger partial charge < -0.3 is 4.74 Å². The van der Waals surface area contributed by atoms with Crippen LogP contribution in [0.5, 0.6) is 5.75 Å². The van der Waals surface area contributed by atoms with Gasteiger partial charge in [0.1, 0.15) is 11.3 Å². The van der Waals surface area contributed by atoms with Gasteiger partial charge in [0.25, 0.3) is 0 Å². The van der Waals surface area contributed by atoms with Gasteiger partial charge in [-0.05, 0) is 32.0 Å². The van der Waals surface area contributed by atoms with Crippen LogP contribution in [0.2, 0.25) is 0 Å². The second kappa shape index (κ2) is 6.41. The van der Waals surface area contributed by atoms with E-state index in [4.69, 9.17) is 4.74 Å². The van der Waals surface area contributed by atoms with Crippen molar-refractivity contribution in [2.75, 3.05) is 7.11 Å². The minimum Gasteiger partial charge on any atom is -0.496 e. The van der Waals surface area contributed by atoms with Crippen molar-refractivity contribution in [2.45, 2.75) is 24.3 Å². The van der Waals surface area contributed by atoms with E-state index in [1.54, 1.807) is 36.4 Å². The minimum absolute atomic E-state index is 0.111. The van der Waals surface area contributed by atoms with E-state index in [0.717, 1.165) is 5.56 Å². The third kappa shape index (κ3) is 3.52. The van der Waals surface area contributed by atoms with Crippen molar-refractivity contribution < 1.29 is 13.2 Å². The van der Waals surface area contributed by atoms with E-state index >= 15 is 0 Å². The quantitative estimate of drug-likeness (QED) is 0.914. The fourth-order valence-corrected chi connectivity index (χ4v) is 3.55. The Labute approximate surface area is 136 Å². The molecule has 2 rings (SSSR count). The molecule has 1 atom stereocenters. The van der Waals surface area contributed by atoms with Crippen molar-refractivity contribution in [3.63, 3.8) is 0 Å². The summed E-state index contributed by atoms with van der Waals surface area (Å²) in [6, 6.07) is 15.3. The summed E-state index contributed by atoms with van der Waals surface area (Å²) in [6.45, 7) is 3.38. The standard InChI is InChI=1S/C17H18N2O3S/c1-13-8-10-14(11-9-13)23(20,21)19-17(2,12-18)15-6-4-5-7-16(15)22-3/h4-11,19H,1-3H3. The van der Waals surface area contributed by atoms with Gasteiger partial charge in [-0.2, -0.15) is 9.98 Å². The predicted octanol–water partition coefficient (Wildman–Crippen LogP) is 2.72. The van der Waals surface area contributed by atoms with Gasteiger partial charge in [0.2, 0.25) is 10.0 Å². The molecular formula is C17H18N2O3S. The molecule has 0 aromatic heterocycles. The molecule has 1 N–H and O–H groups in total. The van der Waals surface area contributed by atoms with Crippen molar-refractivity contribution in [1.29, 1.82) is 5.26 Å². The second-order valence-electron chi connectivity index (χ2n) is 5.36. The fraction of sp³-hybridized carbons (Fsp3) is 0.235. The first-order valence-corrected chi connectivity index (χ1v) is 8.46. The van der Waals surface area contributed by atoms with Crippen molar-refractivity contribution in [3.05, 3.63) is 59.7 Å². The number of ether oxygens (including phenoxy) is 1. The fourth-order valence-electron chi connectivity index (χ4n) is 2.24. The van der Waals surface area contributed by atoms with Gasteiger partial charge in [0, 0.05) is 5.56 Å². The molecule has 0 saturated carbocycles. The van der Waals surface area contributed by atoms with Crippen molar-refractivity contribution >= 4 is 10.0 Å². The Hall–Kier alpha value is -2.36. The molecule has 23 heavy (non-hydrogen) atoms. The molecule has 0 aliphatic rings. The van der Waals surface area contributed by atoms with E-state index in [0.29, 0.717) is 11.3 Å². The number of para-hydroxylation sites is 1. The summed E-state index contributed by atoms with van der Waals surface area (Å²) in [6.07, 6.45) is 0. The third-order valence-corrected chi connectivity index (χ3v) is 5.11. The number of aryl methyl sites for hydroxylation is 1. The Bertz CT molecular complexity index is 839. The molecule has 2 aromatic carbocycles. The Morgan fingerprint density at radius 3 is 2.30 bits per heavy atom. The van der Waals surface area contributed by atoms with Crippen LogP contribution in [0, 0.1) is 18.3 Å². The lowest BCUT2D eigenvalue weighted by Gasteiger charge is -2.25. The zero-order valence-electron chi connectivity index (χ0n) is 13.2. The first kappa shape index (κ1) is 17.0. The maximum atomic E-state index is 12.6. The molecule has 6 heteroatoms. The number of nitrogens with one attached hydrogen (secondary N) is 1. The highest BCUT2D eigenvalue weighted by Gasteiger charge is 2.34. The van der Waals surface area contributed by atoms with Crippen LogP contribution in [0.3, 0.4) is 0 Å². The highest BCUT2D eigenvalue weighted by Crippen LogP contribution is 2.30. The molecule has 5 nitrogen and oxygen atoms in total. The van der Waals surface area contributed by atoms with Crippen molar-refractivity contribution in [2.24, 2.45) is 0 Å². The average Bonchev–Trinajstić information content (AvgIpc) is 2.54. The molecule has 1 unspecified atom stereocenters. The normalized spacial score (nSPS) is 13.8. The number of hydrogen-bond acceptors (Lipinski definition) is 4. The average molecular weight is 330 g/mol. The van der Waals surface area contributed by atoms with Gasteiger partial charge in [0.15, 0.2) is 0 Å². The van der Waals surface area contributed by atoms with E-state index in [1.807, 2.05) is 13.0 Å². The Morgan fingerprint density at radius 1 is 1.13 bits per heavy atom.